The highest BCUT2D eigenvalue weighted by Crippen LogP contribution is 2.32. The van der Waals surface area contributed by atoms with Crippen LogP contribution in [0.3, 0.4) is 0 Å². The van der Waals surface area contributed by atoms with E-state index in [0.717, 1.165) is 13.0 Å². The molecule has 29 heavy (non-hydrogen) atoms. The summed E-state index contributed by atoms with van der Waals surface area (Å²) < 4.78 is 19.6. The molecule has 0 radical (unpaired) electrons. The van der Waals surface area contributed by atoms with E-state index in [-0.39, 0.29) is 17.6 Å². The van der Waals surface area contributed by atoms with Crippen molar-refractivity contribution in [2.24, 2.45) is 0 Å². The summed E-state index contributed by atoms with van der Waals surface area (Å²) in [6.07, 6.45) is 3.15. The van der Waals surface area contributed by atoms with Gasteiger partial charge in [-0.25, -0.2) is 4.39 Å². The van der Waals surface area contributed by atoms with Crippen LogP contribution in [0, 0.1) is 5.82 Å². The number of halogens is 1. The Balaban J connectivity index is 1.43. The summed E-state index contributed by atoms with van der Waals surface area (Å²) in [4.78, 5) is 28.1. The Hall–Kier alpha value is -2.41. The lowest BCUT2D eigenvalue weighted by molar-refractivity contribution is -0.132. The minimum Gasteiger partial charge on any atom is -0.497 e. The number of benzene rings is 1. The SMILES string of the molecule is COc1ccc(C[C@@]2(CCC(=O)N3CCc4sccc4C3)CCC(=O)N2)c(F)c1. The van der Waals surface area contributed by atoms with Crippen LogP contribution in [0.2, 0.25) is 0 Å². The van der Waals surface area contributed by atoms with Crippen molar-refractivity contribution in [1.29, 1.82) is 0 Å². The molecular formula is C22H25FN2O3S. The molecule has 0 saturated carbocycles. The summed E-state index contributed by atoms with van der Waals surface area (Å²) in [7, 11) is 1.50. The standard InChI is InChI=1S/C22H25FN2O3S/c1-28-17-3-2-15(18(23)12-17)13-22(8-4-20(26)24-22)9-5-21(27)25-10-6-19-16(14-25)7-11-29-19/h2-3,7,11-12H,4-6,8-10,13-14H2,1H3,(H,24,26)/t22-/m0/s1. The van der Waals surface area contributed by atoms with E-state index < -0.39 is 5.54 Å². The van der Waals surface area contributed by atoms with E-state index in [1.54, 1.807) is 23.5 Å². The number of hydrogen-bond acceptors (Lipinski definition) is 4. The molecule has 0 aliphatic carbocycles. The lowest BCUT2D eigenvalue weighted by atomic mass is 9.84. The minimum absolute atomic E-state index is 0.0349. The van der Waals surface area contributed by atoms with Gasteiger partial charge in [-0.15, -0.1) is 11.3 Å². The van der Waals surface area contributed by atoms with Crippen molar-refractivity contribution < 1.29 is 18.7 Å². The average molecular weight is 417 g/mol. The summed E-state index contributed by atoms with van der Waals surface area (Å²) in [5.41, 5.74) is 1.19. The number of amides is 2. The van der Waals surface area contributed by atoms with Crippen LogP contribution in [0.25, 0.3) is 0 Å². The highest BCUT2D eigenvalue weighted by Gasteiger charge is 2.39. The van der Waals surface area contributed by atoms with Crippen LogP contribution in [0.5, 0.6) is 5.75 Å². The quantitative estimate of drug-likeness (QED) is 0.785. The predicted octanol–water partition coefficient (Wildman–Crippen LogP) is 3.45. The first-order valence-corrected chi connectivity index (χ1v) is 10.8. The number of methoxy groups -OCH3 is 1. The smallest absolute Gasteiger partial charge is 0.222 e. The highest BCUT2D eigenvalue weighted by molar-refractivity contribution is 7.10. The van der Waals surface area contributed by atoms with Crippen molar-refractivity contribution >= 4 is 23.2 Å². The zero-order valence-electron chi connectivity index (χ0n) is 16.5. The van der Waals surface area contributed by atoms with E-state index in [0.29, 0.717) is 50.0 Å². The third-order valence-corrected chi connectivity index (χ3v) is 7.03. The number of hydrogen-bond donors (Lipinski definition) is 1. The maximum atomic E-state index is 14.5. The molecule has 2 aromatic rings. The summed E-state index contributed by atoms with van der Waals surface area (Å²) in [5, 5.41) is 5.11. The Labute approximate surface area is 173 Å². The number of ether oxygens (including phenoxy) is 1. The van der Waals surface area contributed by atoms with Gasteiger partial charge < -0.3 is 15.0 Å². The van der Waals surface area contributed by atoms with Crippen molar-refractivity contribution in [3.05, 3.63) is 51.5 Å². The fraction of sp³-hybridized carbons (Fsp3) is 0.455. The van der Waals surface area contributed by atoms with Gasteiger partial charge in [0, 0.05) is 42.4 Å². The second kappa shape index (κ2) is 8.14. The number of nitrogens with one attached hydrogen (secondary N) is 1. The molecule has 2 aliphatic rings. The summed E-state index contributed by atoms with van der Waals surface area (Å²) in [6.45, 7) is 1.39. The maximum absolute atomic E-state index is 14.5. The average Bonchev–Trinajstić information content (AvgIpc) is 3.34. The molecule has 2 aliphatic heterocycles. The van der Waals surface area contributed by atoms with Crippen molar-refractivity contribution in [1.82, 2.24) is 10.2 Å². The highest BCUT2D eigenvalue weighted by atomic mass is 32.1. The van der Waals surface area contributed by atoms with E-state index >= 15 is 0 Å². The molecule has 0 unspecified atom stereocenters. The summed E-state index contributed by atoms with van der Waals surface area (Å²) in [6, 6.07) is 6.87. The molecule has 1 aromatic carbocycles. The lowest BCUT2D eigenvalue weighted by Crippen LogP contribution is -2.45. The Morgan fingerprint density at radius 2 is 2.21 bits per heavy atom. The third-order valence-electron chi connectivity index (χ3n) is 6.00. The first kappa shape index (κ1) is 19.9. The molecule has 5 nitrogen and oxygen atoms in total. The van der Waals surface area contributed by atoms with Gasteiger partial charge in [-0.1, -0.05) is 6.07 Å². The first-order chi connectivity index (χ1) is 14.0. The van der Waals surface area contributed by atoms with Gasteiger partial charge in [-0.05, 0) is 54.3 Å². The van der Waals surface area contributed by atoms with Crippen LogP contribution >= 0.6 is 11.3 Å². The van der Waals surface area contributed by atoms with E-state index in [2.05, 4.69) is 16.8 Å². The van der Waals surface area contributed by atoms with E-state index in [9.17, 15) is 14.0 Å². The Kier molecular flexibility index (Phi) is 5.58. The van der Waals surface area contributed by atoms with Crippen LogP contribution in [0.4, 0.5) is 4.39 Å². The number of rotatable bonds is 6. The molecule has 1 aromatic heterocycles. The fourth-order valence-corrected chi connectivity index (χ4v) is 5.20. The van der Waals surface area contributed by atoms with Gasteiger partial charge in [-0.3, -0.25) is 9.59 Å². The van der Waals surface area contributed by atoms with Crippen LogP contribution < -0.4 is 10.1 Å². The van der Waals surface area contributed by atoms with Crippen LogP contribution in [-0.2, 0) is 29.0 Å². The molecule has 1 saturated heterocycles. The summed E-state index contributed by atoms with van der Waals surface area (Å²) in [5.74, 6) is 0.172. The molecule has 1 fully saturated rings. The second-order valence-corrected chi connectivity index (χ2v) is 8.90. The molecule has 1 atom stereocenters. The Morgan fingerprint density at radius 1 is 1.34 bits per heavy atom. The van der Waals surface area contributed by atoms with Gasteiger partial charge in [0.15, 0.2) is 0 Å². The van der Waals surface area contributed by atoms with Gasteiger partial charge in [0.25, 0.3) is 0 Å². The molecule has 154 valence electrons. The van der Waals surface area contributed by atoms with Gasteiger partial charge in [0.1, 0.15) is 11.6 Å². The zero-order valence-corrected chi connectivity index (χ0v) is 17.3. The normalized spacial score (nSPS) is 21.0. The fourth-order valence-electron chi connectivity index (χ4n) is 4.31. The molecule has 3 heterocycles. The monoisotopic (exact) mass is 416 g/mol. The second-order valence-electron chi connectivity index (χ2n) is 7.90. The van der Waals surface area contributed by atoms with Crippen LogP contribution in [0.1, 0.15) is 41.7 Å². The minimum atomic E-state index is -0.578. The Bertz CT molecular complexity index is 929. The first-order valence-electron chi connectivity index (χ1n) is 9.94. The van der Waals surface area contributed by atoms with Crippen molar-refractivity contribution in [2.45, 2.75) is 50.6 Å². The number of carbonyl (C=O) groups excluding carboxylic acids is 2. The van der Waals surface area contributed by atoms with Gasteiger partial charge >= 0.3 is 0 Å². The largest absolute Gasteiger partial charge is 0.497 e. The Morgan fingerprint density at radius 3 is 2.93 bits per heavy atom. The van der Waals surface area contributed by atoms with Gasteiger partial charge in [-0.2, -0.15) is 0 Å². The maximum Gasteiger partial charge on any atom is 0.222 e. The van der Waals surface area contributed by atoms with E-state index in [4.69, 9.17) is 4.74 Å². The van der Waals surface area contributed by atoms with E-state index in [1.807, 2.05) is 4.90 Å². The number of carbonyl (C=O) groups is 2. The molecule has 1 N–H and O–H groups in total. The van der Waals surface area contributed by atoms with Crippen molar-refractivity contribution in [2.75, 3.05) is 13.7 Å². The van der Waals surface area contributed by atoms with Crippen molar-refractivity contribution in [3.8, 4) is 5.75 Å². The molecular weight excluding hydrogens is 391 g/mol. The topological polar surface area (TPSA) is 58.6 Å². The van der Waals surface area contributed by atoms with Gasteiger partial charge in [0.2, 0.25) is 11.8 Å². The predicted molar refractivity (Wildman–Crippen MR) is 109 cm³/mol. The van der Waals surface area contributed by atoms with E-state index in [1.165, 1.54) is 23.6 Å². The lowest BCUT2D eigenvalue weighted by Gasteiger charge is -2.32. The third kappa shape index (κ3) is 4.29. The van der Waals surface area contributed by atoms with Crippen molar-refractivity contribution in [3.63, 3.8) is 0 Å². The van der Waals surface area contributed by atoms with Crippen LogP contribution in [-0.4, -0.2) is 35.9 Å². The number of fused-ring (bicyclic) bond motifs is 1. The molecule has 7 heteroatoms. The molecule has 4 rings (SSSR count). The number of thiophene rings is 1. The number of nitrogens with zero attached hydrogens (tertiary/aromatic N) is 1. The molecule has 0 spiro atoms. The zero-order chi connectivity index (χ0) is 20.4. The van der Waals surface area contributed by atoms with Crippen LogP contribution in [0.15, 0.2) is 29.6 Å². The van der Waals surface area contributed by atoms with Gasteiger partial charge in [0.05, 0.1) is 7.11 Å². The summed E-state index contributed by atoms with van der Waals surface area (Å²) >= 11 is 1.75. The molecule has 2 amide bonds. The molecule has 0 bridgehead atoms.